The van der Waals surface area contributed by atoms with Crippen molar-refractivity contribution in [3.63, 3.8) is 0 Å². The van der Waals surface area contributed by atoms with Gasteiger partial charge >= 0.3 is 0 Å². The van der Waals surface area contributed by atoms with Crippen molar-refractivity contribution in [1.82, 2.24) is 9.29 Å². The molecule has 0 unspecified atom stereocenters. The molecule has 0 bridgehead atoms. The molecule has 4 rings (SSSR count). The summed E-state index contributed by atoms with van der Waals surface area (Å²) >= 11 is 0. The van der Waals surface area contributed by atoms with E-state index in [1.165, 1.54) is 32.4 Å². The van der Waals surface area contributed by atoms with Crippen molar-refractivity contribution < 1.29 is 17.9 Å². The second-order valence-corrected chi connectivity index (χ2v) is 8.88. The highest BCUT2D eigenvalue weighted by molar-refractivity contribution is 7.89. The summed E-state index contributed by atoms with van der Waals surface area (Å²) in [6.45, 7) is 2.94. The van der Waals surface area contributed by atoms with Gasteiger partial charge in [-0.2, -0.15) is 0 Å². The monoisotopic (exact) mass is 437 g/mol. The molecular formula is C23H23N3O4S. The molecule has 4 aromatic rings. The van der Waals surface area contributed by atoms with Crippen LogP contribution in [-0.2, 0) is 16.6 Å². The molecule has 3 aromatic carbocycles. The van der Waals surface area contributed by atoms with Gasteiger partial charge in [0.1, 0.15) is 10.6 Å². The molecule has 8 heteroatoms. The van der Waals surface area contributed by atoms with Crippen molar-refractivity contribution in [1.29, 1.82) is 0 Å². The second kappa shape index (κ2) is 8.05. The Morgan fingerprint density at radius 2 is 1.74 bits per heavy atom. The molecular weight excluding hydrogens is 414 g/mol. The Morgan fingerprint density at radius 1 is 1.00 bits per heavy atom. The Hall–Kier alpha value is -3.36. The Morgan fingerprint density at radius 3 is 2.45 bits per heavy atom. The van der Waals surface area contributed by atoms with Crippen molar-refractivity contribution in [2.45, 2.75) is 18.4 Å². The van der Waals surface area contributed by atoms with Gasteiger partial charge in [0.2, 0.25) is 10.0 Å². The number of methoxy groups -OCH3 is 1. The number of benzene rings is 3. The zero-order valence-corrected chi connectivity index (χ0v) is 18.3. The average molecular weight is 438 g/mol. The van der Waals surface area contributed by atoms with E-state index >= 15 is 0 Å². The molecule has 1 aromatic heterocycles. The third-order valence-corrected chi connectivity index (χ3v) is 6.77. The lowest BCUT2D eigenvalue weighted by Crippen LogP contribution is -2.20. The predicted octanol–water partition coefficient (Wildman–Crippen LogP) is 3.98. The number of hydrogen-bond acceptors (Lipinski definition) is 4. The summed E-state index contributed by atoms with van der Waals surface area (Å²) in [4.78, 5) is 12.8. The summed E-state index contributed by atoms with van der Waals surface area (Å²) in [5.41, 5.74) is 3.07. The maximum absolute atomic E-state index is 12.9. The highest BCUT2D eigenvalue weighted by atomic mass is 32.2. The van der Waals surface area contributed by atoms with Crippen LogP contribution in [0, 0.1) is 0 Å². The fraction of sp³-hybridized carbons (Fsp3) is 0.174. The summed E-state index contributed by atoms with van der Waals surface area (Å²) in [7, 11) is -1.09. The maximum atomic E-state index is 12.9. The fourth-order valence-corrected chi connectivity index (χ4v) is 4.73. The number of para-hydroxylation sites is 1. The first kappa shape index (κ1) is 20.9. The zero-order chi connectivity index (χ0) is 22.2. The van der Waals surface area contributed by atoms with Crippen molar-refractivity contribution in [2.75, 3.05) is 19.5 Å². The van der Waals surface area contributed by atoms with Gasteiger partial charge in [-0.15, -0.1) is 0 Å². The number of aromatic nitrogens is 1. The Balaban J connectivity index is 1.72. The van der Waals surface area contributed by atoms with E-state index in [0.29, 0.717) is 5.69 Å². The van der Waals surface area contributed by atoms with Crippen LogP contribution in [0.5, 0.6) is 5.75 Å². The van der Waals surface area contributed by atoms with Crippen LogP contribution in [0.3, 0.4) is 0 Å². The van der Waals surface area contributed by atoms with Crippen molar-refractivity contribution in [3.05, 3.63) is 66.2 Å². The van der Waals surface area contributed by atoms with Crippen molar-refractivity contribution in [2.24, 2.45) is 0 Å². The second-order valence-electron chi connectivity index (χ2n) is 7.02. The van der Waals surface area contributed by atoms with E-state index in [-0.39, 0.29) is 16.2 Å². The third-order valence-electron chi connectivity index (χ3n) is 5.33. The van der Waals surface area contributed by atoms with Crippen LogP contribution in [-0.4, -0.2) is 33.0 Å². The highest BCUT2D eigenvalue weighted by Crippen LogP contribution is 2.31. The number of fused-ring (bicyclic) bond motifs is 3. The van der Waals surface area contributed by atoms with Crippen molar-refractivity contribution in [3.8, 4) is 5.75 Å². The van der Waals surface area contributed by atoms with Gasteiger partial charge in [0.25, 0.3) is 5.91 Å². The molecule has 0 fully saturated rings. The number of anilines is 1. The van der Waals surface area contributed by atoms with E-state index in [1.807, 2.05) is 30.3 Å². The summed E-state index contributed by atoms with van der Waals surface area (Å²) in [5, 5.41) is 5.03. The van der Waals surface area contributed by atoms with E-state index in [0.717, 1.165) is 28.4 Å². The van der Waals surface area contributed by atoms with E-state index in [2.05, 4.69) is 33.7 Å². The lowest BCUT2D eigenvalue weighted by Gasteiger charge is -2.11. The van der Waals surface area contributed by atoms with Gasteiger partial charge < -0.3 is 14.6 Å². The SMILES string of the molecule is CCn1c2ccccc2c2cc(NC(=O)c3ccc(OC)c(S(=O)(=O)NC)c3)ccc21. The normalized spacial score (nSPS) is 11.7. The number of sulfonamides is 1. The highest BCUT2D eigenvalue weighted by Gasteiger charge is 2.20. The number of carbonyl (C=O) groups excluding carboxylic acids is 1. The van der Waals surface area contributed by atoms with Gasteiger partial charge in [-0.3, -0.25) is 4.79 Å². The lowest BCUT2D eigenvalue weighted by atomic mass is 10.1. The molecule has 0 saturated carbocycles. The van der Waals surface area contributed by atoms with Crippen LogP contribution in [0.4, 0.5) is 5.69 Å². The Kier molecular flexibility index (Phi) is 5.43. The number of carbonyl (C=O) groups is 1. The first-order valence-corrected chi connectivity index (χ1v) is 11.3. The fourth-order valence-electron chi connectivity index (χ4n) is 3.81. The molecule has 1 amide bonds. The molecule has 7 nitrogen and oxygen atoms in total. The van der Waals surface area contributed by atoms with Gasteiger partial charge in [-0.25, -0.2) is 13.1 Å². The number of nitrogens with one attached hydrogen (secondary N) is 2. The number of aryl methyl sites for hydroxylation is 1. The number of nitrogens with zero attached hydrogens (tertiary/aromatic N) is 1. The zero-order valence-electron chi connectivity index (χ0n) is 17.5. The first-order valence-electron chi connectivity index (χ1n) is 9.83. The lowest BCUT2D eigenvalue weighted by molar-refractivity contribution is 0.102. The van der Waals surface area contributed by atoms with Crippen LogP contribution in [0.1, 0.15) is 17.3 Å². The number of ether oxygens (including phenoxy) is 1. The minimum absolute atomic E-state index is 0.0911. The molecule has 0 atom stereocenters. The summed E-state index contributed by atoms with van der Waals surface area (Å²) in [6.07, 6.45) is 0. The van der Waals surface area contributed by atoms with Crippen LogP contribution in [0.25, 0.3) is 21.8 Å². The molecule has 0 aliphatic rings. The molecule has 0 aliphatic carbocycles. The Bertz CT molecular complexity index is 1410. The van der Waals surface area contributed by atoms with E-state index < -0.39 is 15.9 Å². The molecule has 1 heterocycles. The Labute approximate surface area is 180 Å². The smallest absolute Gasteiger partial charge is 0.255 e. The van der Waals surface area contributed by atoms with E-state index in [1.54, 1.807) is 0 Å². The number of amides is 1. The van der Waals surface area contributed by atoms with Gasteiger partial charge in [0, 0.05) is 39.6 Å². The van der Waals surface area contributed by atoms with Crippen molar-refractivity contribution >= 4 is 43.4 Å². The quantitative estimate of drug-likeness (QED) is 0.477. The van der Waals surface area contributed by atoms with Gasteiger partial charge in [0.15, 0.2) is 0 Å². The standard InChI is InChI=1S/C23H23N3O4S/c1-4-26-19-8-6-5-7-17(19)18-14-16(10-11-20(18)26)25-23(27)15-9-12-21(30-3)22(13-15)31(28,29)24-2/h5-14,24H,4H2,1-3H3,(H,25,27). The topological polar surface area (TPSA) is 89.4 Å². The van der Waals surface area contributed by atoms with Crippen LogP contribution < -0.4 is 14.8 Å². The third kappa shape index (κ3) is 3.64. The molecule has 0 radical (unpaired) electrons. The van der Waals surface area contributed by atoms with E-state index in [9.17, 15) is 13.2 Å². The van der Waals surface area contributed by atoms with Gasteiger partial charge in [0.05, 0.1) is 7.11 Å². The summed E-state index contributed by atoms with van der Waals surface area (Å²) in [5.74, 6) is -0.242. The molecule has 0 spiro atoms. The first-order chi connectivity index (χ1) is 14.9. The van der Waals surface area contributed by atoms with Gasteiger partial charge in [-0.1, -0.05) is 18.2 Å². The minimum Gasteiger partial charge on any atom is -0.495 e. The minimum atomic E-state index is -3.78. The van der Waals surface area contributed by atoms with Crippen LogP contribution in [0.2, 0.25) is 0 Å². The van der Waals surface area contributed by atoms with E-state index in [4.69, 9.17) is 4.74 Å². The summed E-state index contributed by atoms with van der Waals surface area (Å²) in [6, 6.07) is 18.2. The average Bonchev–Trinajstić information content (AvgIpc) is 3.11. The molecule has 160 valence electrons. The molecule has 31 heavy (non-hydrogen) atoms. The van der Waals surface area contributed by atoms with Gasteiger partial charge in [-0.05, 0) is 56.4 Å². The molecule has 0 aliphatic heterocycles. The van der Waals surface area contributed by atoms with Crippen LogP contribution in [0.15, 0.2) is 65.6 Å². The predicted molar refractivity (Wildman–Crippen MR) is 122 cm³/mol. The summed E-state index contributed by atoms with van der Waals surface area (Å²) < 4.78 is 34.2. The molecule has 0 saturated heterocycles. The number of hydrogen-bond donors (Lipinski definition) is 2. The largest absolute Gasteiger partial charge is 0.495 e. The van der Waals surface area contributed by atoms with Crippen LogP contribution >= 0.6 is 0 Å². The molecule has 2 N–H and O–H groups in total. The number of rotatable bonds is 6. The maximum Gasteiger partial charge on any atom is 0.255 e.